The van der Waals surface area contributed by atoms with Crippen LogP contribution in [0.2, 0.25) is 0 Å². The number of hydrogen-bond donors (Lipinski definition) is 2. The fourth-order valence-electron chi connectivity index (χ4n) is 2.27. The Balaban J connectivity index is 2.15. The summed E-state index contributed by atoms with van der Waals surface area (Å²) in [7, 11) is 0. The van der Waals surface area contributed by atoms with Gasteiger partial charge in [0.05, 0.1) is 10.5 Å². The molecule has 0 aromatic heterocycles. The zero-order valence-corrected chi connectivity index (χ0v) is 16.2. The molecule has 8 nitrogen and oxygen atoms in total. The number of nitrogens with one attached hydrogen (secondary N) is 2. The van der Waals surface area contributed by atoms with Crippen LogP contribution in [0.3, 0.4) is 0 Å². The number of nitro groups is 1. The van der Waals surface area contributed by atoms with Gasteiger partial charge in [0.25, 0.3) is 5.91 Å². The molecule has 3 amide bonds. The van der Waals surface area contributed by atoms with Gasteiger partial charge in [-0.15, -0.1) is 0 Å². The van der Waals surface area contributed by atoms with E-state index in [0.29, 0.717) is 12.1 Å². The fraction of sp³-hybridized carbons (Fsp3) is 0.263. The van der Waals surface area contributed by atoms with E-state index in [4.69, 9.17) is 4.74 Å². The number of carbonyl (C=O) groups is 2. The van der Waals surface area contributed by atoms with Crippen molar-refractivity contribution in [3.63, 3.8) is 0 Å². The molecule has 0 spiro atoms. The van der Waals surface area contributed by atoms with Crippen LogP contribution in [0.15, 0.2) is 42.5 Å². The fourth-order valence-corrected chi connectivity index (χ4v) is 2.27. The van der Waals surface area contributed by atoms with Crippen molar-refractivity contribution in [2.24, 2.45) is 0 Å². The summed E-state index contributed by atoms with van der Waals surface area (Å²) in [6, 6.07) is 6.38. The van der Waals surface area contributed by atoms with Gasteiger partial charge < -0.3 is 10.1 Å². The lowest BCUT2D eigenvalue weighted by Gasteiger charge is -2.20. The van der Waals surface area contributed by atoms with Gasteiger partial charge in [0, 0.05) is 17.2 Å². The van der Waals surface area contributed by atoms with Crippen LogP contribution in [0.25, 0.3) is 0 Å². The first kappa shape index (κ1) is 22.7. The number of nitrogens with zero attached hydrogens (tertiary/aromatic N) is 1. The molecule has 160 valence electrons. The van der Waals surface area contributed by atoms with Crippen molar-refractivity contribution in [2.45, 2.75) is 32.5 Å². The molecule has 2 N–H and O–H groups in total. The van der Waals surface area contributed by atoms with Crippen LogP contribution in [0, 0.1) is 10.1 Å². The largest absolute Gasteiger partial charge is 0.450 e. The number of benzene rings is 2. The van der Waals surface area contributed by atoms with E-state index in [0.717, 1.165) is 6.07 Å². The summed E-state index contributed by atoms with van der Waals surface area (Å²) in [5, 5.41) is 15.8. The number of halogens is 3. The maximum atomic E-state index is 12.8. The molecule has 0 unspecified atom stereocenters. The molecule has 0 atom stereocenters. The van der Waals surface area contributed by atoms with Crippen molar-refractivity contribution < 1.29 is 32.4 Å². The second-order valence-electron chi connectivity index (χ2n) is 7.22. The van der Waals surface area contributed by atoms with E-state index in [-0.39, 0.29) is 11.3 Å². The first-order chi connectivity index (χ1) is 13.8. The minimum absolute atomic E-state index is 0.0496. The Kier molecular flexibility index (Phi) is 6.34. The molecule has 0 heterocycles. The van der Waals surface area contributed by atoms with Crippen molar-refractivity contribution in [3.8, 4) is 11.5 Å². The smallest absolute Gasteiger partial charge is 0.416 e. The van der Waals surface area contributed by atoms with Gasteiger partial charge in [-0.25, -0.2) is 4.79 Å². The Labute approximate surface area is 169 Å². The zero-order valence-electron chi connectivity index (χ0n) is 16.2. The van der Waals surface area contributed by atoms with Crippen LogP contribution in [0.5, 0.6) is 11.5 Å². The molecular weight excluding hydrogens is 407 g/mol. The Morgan fingerprint density at radius 2 is 1.63 bits per heavy atom. The van der Waals surface area contributed by atoms with Crippen molar-refractivity contribution in [1.29, 1.82) is 0 Å². The second-order valence-corrected chi connectivity index (χ2v) is 7.22. The Morgan fingerprint density at radius 1 is 1.03 bits per heavy atom. The summed E-state index contributed by atoms with van der Waals surface area (Å²) in [6.07, 6.45) is -4.74. The summed E-state index contributed by atoms with van der Waals surface area (Å²) in [6.45, 7) is 5.22. The van der Waals surface area contributed by atoms with E-state index in [2.05, 4.69) is 10.6 Å². The maximum Gasteiger partial charge on any atom is 0.416 e. The third kappa shape index (κ3) is 6.19. The van der Waals surface area contributed by atoms with E-state index in [1.54, 1.807) is 20.8 Å². The molecule has 2 rings (SSSR count). The first-order valence-corrected chi connectivity index (χ1v) is 8.53. The standard InChI is InChI=1S/C19H18F3N3O5/c1-18(2,3)24-17(27)23-16(26)11-4-7-13(8-5-11)30-15-9-6-12(19(20,21)22)10-14(15)25(28)29/h4-10H,1-3H3,(H2,23,24,26,27). The van der Waals surface area contributed by atoms with Gasteiger partial charge in [-0.1, -0.05) is 0 Å². The van der Waals surface area contributed by atoms with Gasteiger partial charge in [0.2, 0.25) is 5.75 Å². The lowest BCUT2D eigenvalue weighted by atomic mass is 10.1. The second kappa shape index (κ2) is 8.39. The highest BCUT2D eigenvalue weighted by molar-refractivity contribution is 6.04. The summed E-state index contributed by atoms with van der Waals surface area (Å²) in [4.78, 5) is 33.9. The molecule has 0 aliphatic carbocycles. The van der Waals surface area contributed by atoms with Crippen LogP contribution in [0.1, 0.15) is 36.7 Å². The average molecular weight is 425 g/mol. The van der Waals surface area contributed by atoms with Gasteiger partial charge >= 0.3 is 17.9 Å². The number of hydrogen-bond acceptors (Lipinski definition) is 5. The lowest BCUT2D eigenvalue weighted by molar-refractivity contribution is -0.385. The molecule has 11 heteroatoms. The Bertz CT molecular complexity index is 967. The highest BCUT2D eigenvalue weighted by Crippen LogP contribution is 2.37. The molecule has 0 fully saturated rings. The van der Waals surface area contributed by atoms with Crippen LogP contribution >= 0.6 is 0 Å². The topological polar surface area (TPSA) is 111 Å². The molecule has 0 aliphatic heterocycles. The normalized spacial score (nSPS) is 11.5. The number of nitro benzene ring substituents is 1. The van der Waals surface area contributed by atoms with Gasteiger partial charge in [-0.05, 0) is 57.2 Å². The molecule has 2 aromatic carbocycles. The predicted octanol–water partition coefficient (Wildman–Crippen LogP) is 4.64. The van der Waals surface area contributed by atoms with Gasteiger partial charge in [-0.3, -0.25) is 20.2 Å². The summed E-state index contributed by atoms with van der Waals surface area (Å²) >= 11 is 0. The van der Waals surface area contributed by atoms with E-state index >= 15 is 0 Å². The Morgan fingerprint density at radius 3 is 2.13 bits per heavy atom. The Hall–Kier alpha value is -3.63. The summed E-state index contributed by atoms with van der Waals surface area (Å²) in [5.41, 5.74) is -2.47. The van der Waals surface area contributed by atoms with E-state index < -0.39 is 45.6 Å². The monoisotopic (exact) mass is 425 g/mol. The number of alkyl halides is 3. The molecule has 0 radical (unpaired) electrons. The molecule has 0 saturated heterocycles. The third-order valence-corrected chi connectivity index (χ3v) is 3.54. The lowest BCUT2D eigenvalue weighted by Crippen LogP contribution is -2.48. The van der Waals surface area contributed by atoms with Crippen molar-refractivity contribution >= 4 is 17.6 Å². The number of ether oxygens (including phenoxy) is 1. The van der Waals surface area contributed by atoms with Crippen LogP contribution in [0.4, 0.5) is 23.7 Å². The van der Waals surface area contributed by atoms with Crippen LogP contribution in [-0.2, 0) is 6.18 Å². The third-order valence-electron chi connectivity index (χ3n) is 3.54. The molecule has 30 heavy (non-hydrogen) atoms. The van der Waals surface area contributed by atoms with Gasteiger partial charge in [-0.2, -0.15) is 13.2 Å². The van der Waals surface area contributed by atoms with Gasteiger partial charge in [0.1, 0.15) is 5.75 Å². The SMILES string of the molecule is CC(C)(C)NC(=O)NC(=O)c1ccc(Oc2ccc(C(F)(F)F)cc2[N+](=O)[O-])cc1. The number of urea groups is 1. The molecule has 0 aliphatic rings. The summed E-state index contributed by atoms with van der Waals surface area (Å²) < 4.78 is 43.6. The van der Waals surface area contributed by atoms with Crippen LogP contribution < -0.4 is 15.4 Å². The van der Waals surface area contributed by atoms with E-state index in [1.165, 1.54) is 24.3 Å². The van der Waals surface area contributed by atoms with Crippen molar-refractivity contribution in [2.75, 3.05) is 0 Å². The number of carbonyl (C=O) groups excluding carboxylic acids is 2. The minimum Gasteiger partial charge on any atom is -0.450 e. The average Bonchev–Trinajstić information content (AvgIpc) is 2.59. The number of rotatable bonds is 4. The van der Waals surface area contributed by atoms with E-state index in [9.17, 15) is 32.9 Å². The highest BCUT2D eigenvalue weighted by atomic mass is 19.4. The quantitative estimate of drug-likeness (QED) is 0.548. The first-order valence-electron chi connectivity index (χ1n) is 8.53. The molecule has 0 bridgehead atoms. The van der Waals surface area contributed by atoms with Crippen molar-refractivity contribution in [1.82, 2.24) is 10.6 Å². The van der Waals surface area contributed by atoms with E-state index in [1.807, 2.05) is 0 Å². The molecule has 2 aromatic rings. The summed E-state index contributed by atoms with van der Waals surface area (Å²) in [5.74, 6) is -1.04. The van der Waals surface area contributed by atoms with Crippen molar-refractivity contribution in [3.05, 3.63) is 63.7 Å². The van der Waals surface area contributed by atoms with Crippen LogP contribution in [-0.4, -0.2) is 22.4 Å². The highest BCUT2D eigenvalue weighted by Gasteiger charge is 2.33. The van der Waals surface area contributed by atoms with Gasteiger partial charge in [0.15, 0.2) is 0 Å². The predicted molar refractivity (Wildman–Crippen MR) is 100 cm³/mol. The minimum atomic E-state index is -4.74. The maximum absolute atomic E-state index is 12.8. The molecule has 0 saturated carbocycles. The zero-order chi connectivity index (χ0) is 22.7. The number of amides is 3. The number of imide groups is 1. The molecular formula is C19H18F3N3O5.